The lowest BCUT2D eigenvalue weighted by Gasteiger charge is -2.29. The molecule has 1 heterocycles. The van der Waals surface area contributed by atoms with Gasteiger partial charge in [0.1, 0.15) is 6.04 Å². The van der Waals surface area contributed by atoms with E-state index in [4.69, 9.17) is 46.4 Å². The lowest BCUT2D eigenvalue weighted by Crippen LogP contribution is -2.46. The molecule has 4 rings (SSSR count). The van der Waals surface area contributed by atoms with E-state index in [2.05, 4.69) is 0 Å². The number of nitrogens with zero attached hydrogens (tertiary/aromatic N) is 1. The van der Waals surface area contributed by atoms with E-state index in [0.717, 1.165) is 20.9 Å². The average Bonchev–Trinajstić information content (AvgIpc) is 3.32. The third-order valence-electron chi connectivity index (χ3n) is 5.55. The van der Waals surface area contributed by atoms with E-state index in [1.54, 1.807) is 18.2 Å². The van der Waals surface area contributed by atoms with Crippen molar-refractivity contribution < 1.29 is 14.7 Å². The molecule has 0 aliphatic rings. The number of benzene rings is 3. The first-order valence-corrected chi connectivity index (χ1v) is 13.1. The van der Waals surface area contributed by atoms with Gasteiger partial charge < -0.3 is 10.0 Å². The maximum atomic E-state index is 13.7. The fraction of sp³-hybridized carbons (Fsp3) is 0.111. The van der Waals surface area contributed by atoms with E-state index < -0.39 is 17.9 Å². The fourth-order valence-electron chi connectivity index (χ4n) is 3.74. The molecule has 4 nitrogen and oxygen atoms in total. The number of amides is 1. The Morgan fingerprint density at radius 2 is 1.58 bits per heavy atom. The maximum Gasteiger partial charge on any atom is 0.326 e. The van der Waals surface area contributed by atoms with Crippen LogP contribution in [0.4, 0.5) is 0 Å². The second-order valence-electron chi connectivity index (χ2n) is 8.00. The molecular weight excluding hydrogens is 560 g/mol. The molecule has 0 saturated heterocycles. The van der Waals surface area contributed by atoms with Gasteiger partial charge in [-0.3, -0.25) is 4.79 Å². The Labute approximate surface area is 232 Å². The molecule has 4 aromatic rings. The Hall–Kier alpha value is -2.54. The van der Waals surface area contributed by atoms with E-state index >= 15 is 0 Å². The number of rotatable bonds is 8. The number of carboxylic acids is 1. The van der Waals surface area contributed by atoms with Crippen LogP contribution in [0.5, 0.6) is 0 Å². The molecule has 1 atom stereocenters. The molecular formula is C27H19Cl4NO3S. The van der Waals surface area contributed by atoms with Gasteiger partial charge in [0.2, 0.25) is 0 Å². The van der Waals surface area contributed by atoms with Crippen molar-refractivity contribution in [3.8, 4) is 10.4 Å². The Kier molecular flexibility index (Phi) is 8.60. The third kappa shape index (κ3) is 6.23. The molecule has 0 radical (unpaired) electrons. The van der Waals surface area contributed by atoms with Crippen LogP contribution in [0, 0.1) is 0 Å². The highest BCUT2D eigenvalue weighted by molar-refractivity contribution is 7.15. The first-order chi connectivity index (χ1) is 17.2. The minimum absolute atomic E-state index is 0.0770. The van der Waals surface area contributed by atoms with Crippen molar-refractivity contribution in [3.05, 3.63) is 115 Å². The van der Waals surface area contributed by atoms with Crippen molar-refractivity contribution in [2.45, 2.75) is 19.0 Å². The van der Waals surface area contributed by atoms with Crippen LogP contribution in [-0.4, -0.2) is 27.9 Å². The number of carbonyl (C=O) groups excluding carboxylic acids is 1. The van der Waals surface area contributed by atoms with Crippen LogP contribution in [0.25, 0.3) is 10.4 Å². The molecule has 184 valence electrons. The van der Waals surface area contributed by atoms with E-state index in [9.17, 15) is 14.7 Å². The summed E-state index contributed by atoms with van der Waals surface area (Å²) < 4.78 is 0. The topological polar surface area (TPSA) is 57.6 Å². The van der Waals surface area contributed by atoms with Gasteiger partial charge >= 0.3 is 5.97 Å². The standard InChI is InChI=1S/C27H19Cl4NO3S/c28-18-7-9-20(22(30)14-18)26(33)32(24(27(34)35)12-16-4-2-1-3-5-16)15-19-8-11-25(36-19)17-6-10-21(29)23(31)13-17/h1-11,13-14,24H,12,15H2,(H,34,35)/t24-/m0/s1. The number of carbonyl (C=O) groups is 2. The van der Waals surface area contributed by atoms with Gasteiger partial charge in [-0.1, -0.05) is 82.8 Å². The summed E-state index contributed by atoms with van der Waals surface area (Å²) in [7, 11) is 0. The van der Waals surface area contributed by atoms with Gasteiger partial charge in [0.05, 0.1) is 27.2 Å². The predicted molar refractivity (Wildman–Crippen MR) is 148 cm³/mol. The highest BCUT2D eigenvalue weighted by atomic mass is 35.5. The quantitative estimate of drug-likeness (QED) is 0.228. The molecule has 0 aliphatic carbocycles. The van der Waals surface area contributed by atoms with Crippen molar-refractivity contribution in [1.29, 1.82) is 0 Å². The summed E-state index contributed by atoms with van der Waals surface area (Å²) in [6.45, 7) is 0.0770. The molecule has 0 fully saturated rings. The van der Waals surface area contributed by atoms with Gasteiger partial charge in [-0.25, -0.2) is 4.79 Å². The minimum Gasteiger partial charge on any atom is -0.480 e. The number of aliphatic carboxylic acids is 1. The Balaban J connectivity index is 1.70. The maximum absolute atomic E-state index is 13.7. The van der Waals surface area contributed by atoms with Crippen molar-refractivity contribution in [2.24, 2.45) is 0 Å². The molecule has 0 saturated carbocycles. The number of hydrogen-bond donors (Lipinski definition) is 1. The van der Waals surface area contributed by atoms with Crippen LogP contribution in [0.3, 0.4) is 0 Å². The average molecular weight is 579 g/mol. The van der Waals surface area contributed by atoms with Crippen molar-refractivity contribution >= 4 is 69.6 Å². The summed E-state index contributed by atoms with van der Waals surface area (Å²) in [5.74, 6) is -1.61. The molecule has 1 N–H and O–H groups in total. The van der Waals surface area contributed by atoms with Gasteiger partial charge in [0.25, 0.3) is 5.91 Å². The number of carboxylic acid groups (broad SMARTS) is 1. The molecule has 0 bridgehead atoms. The van der Waals surface area contributed by atoms with E-state index in [-0.39, 0.29) is 23.6 Å². The normalized spacial score (nSPS) is 11.8. The largest absolute Gasteiger partial charge is 0.480 e. The molecule has 0 unspecified atom stereocenters. The van der Waals surface area contributed by atoms with Gasteiger partial charge in [0.15, 0.2) is 0 Å². The van der Waals surface area contributed by atoms with E-state index in [1.165, 1.54) is 28.4 Å². The smallest absolute Gasteiger partial charge is 0.326 e. The van der Waals surface area contributed by atoms with E-state index in [0.29, 0.717) is 15.1 Å². The Morgan fingerprint density at radius 1 is 0.833 bits per heavy atom. The zero-order chi connectivity index (χ0) is 25.8. The van der Waals surface area contributed by atoms with Crippen molar-refractivity contribution in [1.82, 2.24) is 4.90 Å². The number of hydrogen-bond acceptors (Lipinski definition) is 3. The van der Waals surface area contributed by atoms with Gasteiger partial charge in [-0.05, 0) is 53.6 Å². The first-order valence-electron chi connectivity index (χ1n) is 10.8. The Morgan fingerprint density at radius 3 is 2.25 bits per heavy atom. The summed E-state index contributed by atoms with van der Waals surface area (Å²) in [4.78, 5) is 29.2. The zero-order valence-electron chi connectivity index (χ0n) is 18.6. The van der Waals surface area contributed by atoms with Crippen LogP contribution < -0.4 is 0 Å². The second-order valence-corrected chi connectivity index (χ2v) is 10.8. The lowest BCUT2D eigenvalue weighted by atomic mass is 10.0. The van der Waals surface area contributed by atoms with Crippen LogP contribution in [0.2, 0.25) is 20.1 Å². The summed E-state index contributed by atoms with van der Waals surface area (Å²) in [5, 5.41) is 11.6. The number of thiophene rings is 1. The van der Waals surface area contributed by atoms with Crippen LogP contribution in [0.1, 0.15) is 20.8 Å². The molecule has 1 amide bonds. The van der Waals surface area contributed by atoms with Crippen LogP contribution in [-0.2, 0) is 17.8 Å². The summed E-state index contributed by atoms with van der Waals surface area (Å²) in [5.41, 5.74) is 1.85. The second kappa shape index (κ2) is 11.7. The van der Waals surface area contributed by atoms with Crippen molar-refractivity contribution in [2.75, 3.05) is 0 Å². The number of halogens is 4. The fourth-order valence-corrected chi connectivity index (χ4v) is 5.54. The first kappa shape index (κ1) is 26.5. The monoisotopic (exact) mass is 577 g/mol. The third-order valence-corrected chi connectivity index (χ3v) is 7.95. The van der Waals surface area contributed by atoms with Crippen LogP contribution in [0.15, 0.2) is 78.9 Å². The molecule has 0 spiro atoms. The van der Waals surface area contributed by atoms with Gasteiger partial charge in [-0.2, -0.15) is 0 Å². The summed E-state index contributed by atoms with van der Waals surface area (Å²) >= 11 is 26.0. The highest BCUT2D eigenvalue weighted by Crippen LogP contribution is 2.34. The SMILES string of the molecule is O=C(O)[C@H](Cc1ccccc1)N(Cc1ccc(-c2ccc(Cl)c(Cl)c2)s1)C(=O)c1ccc(Cl)cc1Cl. The molecule has 36 heavy (non-hydrogen) atoms. The summed E-state index contributed by atoms with van der Waals surface area (Å²) in [6, 6.07) is 21.7. The highest BCUT2D eigenvalue weighted by Gasteiger charge is 2.32. The van der Waals surface area contributed by atoms with Gasteiger partial charge in [0, 0.05) is 21.2 Å². The Bertz CT molecular complexity index is 1410. The van der Waals surface area contributed by atoms with Crippen LogP contribution >= 0.6 is 57.7 Å². The molecule has 1 aromatic heterocycles. The summed E-state index contributed by atoms with van der Waals surface area (Å²) in [6.07, 6.45) is 0.137. The van der Waals surface area contributed by atoms with Gasteiger partial charge in [-0.15, -0.1) is 11.3 Å². The molecule has 0 aliphatic heterocycles. The molecule has 3 aromatic carbocycles. The lowest BCUT2D eigenvalue weighted by molar-refractivity contribution is -0.142. The van der Waals surface area contributed by atoms with Crippen molar-refractivity contribution in [3.63, 3.8) is 0 Å². The van der Waals surface area contributed by atoms with E-state index in [1.807, 2.05) is 48.5 Å². The predicted octanol–water partition coefficient (Wildman–Crippen LogP) is 8.37. The minimum atomic E-state index is -1.12. The molecule has 9 heteroatoms. The zero-order valence-corrected chi connectivity index (χ0v) is 22.5.